The van der Waals surface area contributed by atoms with Crippen LogP contribution in [-0.4, -0.2) is 17.7 Å². The highest BCUT2D eigenvalue weighted by Crippen LogP contribution is 2.30. The summed E-state index contributed by atoms with van der Waals surface area (Å²) in [4.78, 5) is 10.7. The zero-order valence-corrected chi connectivity index (χ0v) is 9.54. The molecule has 2 rings (SSSR count). The van der Waals surface area contributed by atoms with Crippen molar-refractivity contribution in [1.82, 2.24) is 0 Å². The van der Waals surface area contributed by atoms with Crippen LogP contribution in [0.5, 0.6) is 5.75 Å². The van der Waals surface area contributed by atoms with Gasteiger partial charge in [0.2, 0.25) is 0 Å². The number of aliphatic carboxylic acids is 1. The Labute approximate surface area is 99.0 Å². The molecule has 1 aromatic carbocycles. The number of halogens is 1. The molecule has 1 aliphatic heterocycles. The number of carbonyl (C=O) groups is 1. The second-order valence-corrected chi connectivity index (χ2v) is 4.49. The van der Waals surface area contributed by atoms with Gasteiger partial charge in [0.1, 0.15) is 5.75 Å². The molecule has 16 heavy (non-hydrogen) atoms. The highest BCUT2D eigenvalue weighted by Gasteiger charge is 2.20. The molecule has 1 unspecified atom stereocenters. The number of carboxylic acids is 1. The standard InChI is InChI=1S/C12H13ClO3/c13-10-1-2-11-9(7-10)5-8(3-4-16-11)6-12(14)15/h1-2,7-8H,3-6H2,(H,14,15). The number of benzene rings is 1. The number of carboxylic acid groups (broad SMARTS) is 1. The van der Waals surface area contributed by atoms with Crippen LogP contribution in [0.25, 0.3) is 0 Å². The van der Waals surface area contributed by atoms with Crippen LogP contribution >= 0.6 is 11.6 Å². The number of fused-ring (bicyclic) bond motifs is 1. The van der Waals surface area contributed by atoms with Crippen molar-refractivity contribution in [2.75, 3.05) is 6.61 Å². The van der Waals surface area contributed by atoms with Crippen molar-refractivity contribution in [2.24, 2.45) is 5.92 Å². The van der Waals surface area contributed by atoms with Crippen LogP contribution in [0.4, 0.5) is 0 Å². The zero-order chi connectivity index (χ0) is 11.5. The molecule has 0 spiro atoms. The molecular formula is C12H13ClO3. The van der Waals surface area contributed by atoms with Crippen molar-refractivity contribution in [3.63, 3.8) is 0 Å². The van der Waals surface area contributed by atoms with E-state index in [1.165, 1.54) is 0 Å². The molecule has 0 saturated heterocycles. The first-order valence-corrected chi connectivity index (χ1v) is 5.66. The van der Waals surface area contributed by atoms with E-state index in [9.17, 15) is 4.79 Å². The van der Waals surface area contributed by atoms with Crippen molar-refractivity contribution in [3.05, 3.63) is 28.8 Å². The Morgan fingerprint density at radius 3 is 3.12 bits per heavy atom. The van der Waals surface area contributed by atoms with Gasteiger partial charge in [-0.15, -0.1) is 0 Å². The molecule has 0 radical (unpaired) electrons. The second kappa shape index (κ2) is 4.74. The van der Waals surface area contributed by atoms with Gasteiger partial charge in [-0.1, -0.05) is 11.6 Å². The molecule has 0 aromatic heterocycles. The van der Waals surface area contributed by atoms with Crippen molar-refractivity contribution < 1.29 is 14.6 Å². The fourth-order valence-corrected chi connectivity index (χ4v) is 2.21. The Morgan fingerprint density at radius 2 is 2.38 bits per heavy atom. The molecule has 0 saturated carbocycles. The highest BCUT2D eigenvalue weighted by atomic mass is 35.5. The monoisotopic (exact) mass is 240 g/mol. The smallest absolute Gasteiger partial charge is 0.303 e. The van der Waals surface area contributed by atoms with Crippen molar-refractivity contribution >= 4 is 17.6 Å². The van der Waals surface area contributed by atoms with Gasteiger partial charge in [-0.2, -0.15) is 0 Å². The fourth-order valence-electron chi connectivity index (χ4n) is 2.02. The number of hydrogen-bond donors (Lipinski definition) is 1. The average Bonchev–Trinajstić information content (AvgIpc) is 2.37. The van der Waals surface area contributed by atoms with Crippen molar-refractivity contribution in [1.29, 1.82) is 0 Å². The lowest BCUT2D eigenvalue weighted by Gasteiger charge is -2.10. The fraction of sp³-hybridized carbons (Fsp3) is 0.417. The molecule has 0 amide bonds. The third kappa shape index (κ3) is 2.67. The Kier molecular flexibility index (Phi) is 3.34. The van der Waals surface area contributed by atoms with Gasteiger partial charge in [-0.25, -0.2) is 0 Å². The Bertz CT molecular complexity index is 403. The lowest BCUT2D eigenvalue weighted by Crippen LogP contribution is -2.11. The van der Waals surface area contributed by atoms with Crippen molar-refractivity contribution in [3.8, 4) is 5.75 Å². The SMILES string of the molecule is O=C(O)CC1CCOc2ccc(Cl)cc2C1. The molecule has 0 bridgehead atoms. The molecule has 1 N–H and O–H groups in total. The average molecular weight is 241 g/mol. The molecule has 1 aliphatic rings. The van der Waals surface area contributed by atoms with Gasteiger partial charge in [0.25, 0.3) is 0 Å². The maximum absolute atomic E-state index is 10.7. The van der Waals surface area contributed by atoms with E-state index >= 15 is 0 Å². The highest BCUT2D eigenvalue weighted by molar-refractivity contribution is 6.30. The van der Waals surface area contributed by atoms with Crippen LogP contribution in [0, 0.1) is 5.92 Å². The van der Waals surface area contributed by atoms with Gasteiger partial charge in [-0.05, 0) is 42.5 Å². The number of ether oxygens (including phenoxy) is 1. The molecule has 3 nitrogen and oxygen atoms in total. The maximum atomic E-state index is 10.7. The third-order valence-corrected chi connectivity index (χ3v) is 3.01. The minimum absolute atomic E-state index is 0.136. The lowest BCUT2D eigenvalue weighted by molar-refractivity contribution is -0.138. The van der Waals surface area contributed by atoms with Crippen LogP contribution < -0.4 is 4.74 Å². The van der Waals surface area contributed by atoms with E-state index in [2.05, 4.69) is 0 Å². The first kappa shape index (κ1) is 11.3. The summed E-state index contributed by atoms with van der Waals surface area (Å²) in [5.74, 6) is 0.213. The summed E-state index contributed by atoms with van der Waals surface area (Å²) in [6, 6.07) is 5.50. The zero-order valence-electron chi connectivity index (χ0n) is 8.78. The van der Waals surface area contributed by atoms with E-state index in [1.54, 1.807) is 6.07 Å². The van der Waals surface area contributed by atoms with Crippen LogP contribution in [0.2, 0.25) is 5.02 Å². The molecule has 1 atom stereocenters. The molecule has 1 heterocycles. The van der Waals surface area contributed by atoms with Gasteiger partial charge in [0, 0.05) is 11.4 Å². The first-order chi connectivity index (χ1) is 7.65. The van der Waals surface area contributed by atoms with E-state index in [0.717, 1.165) is 24.2 Å². The van der Waals surface area contributed by atoms with Gasteiger partial charge >= 0.3 is 5.97 Å². The number of rotatable bonds is 2. The molecule has 0 fully saturated rings. The Hall–Kier alpha value is -1.22. The molecule has 1 aromatic rings. The second-order valence-electron chi connectivity index (χ2n) is 4.06. The summed E-state index contributed by atoms with van der Waals surface area (Å²) in [6.45, 7) is 0.576. The van der Waals surface area contributed by atoms with Crippen LogP contribution in [0.3, 0.4) is 0 Å². The minimum atomic E-state index is -0.754. The number of hydrogen-bond acceptors (Lipinski definition) is 2. The van der Waals surface area contributed by atoms with E-state index < -0.39 is 5.97 Å². The summed E-state index contributed by atoms with van der Waals surface area (Å²) in [5, 5.41) is 9.46. The Morgan fingerprint density at radius 1 is 1.56 bits per heavy atom. The van der Waals surface area contributed by atoms with Crippen LogP contribution in [-0.2, 0) is 11.2 Å². The molecule has 86 valence electrons. The van der Waals surface area contributed by atoms with Crippen molar-refractivity contribution in [2.45, 2.75) is 19.3 Å². The van der Waals surface area contributed by atoms with Gasteiger partial charge in [-0.3, -0.25) is 4.79 Å². The first-order valence-electron chi connectivity index (χ1n) is 5.28. The van der Waals surface area contributed by atoms with E-state index in [1.807, 2.05) is 12.1 Å². The predicted molar refractivity (Wildman–Crippen MR) is 61.0 cm³/mol. The van der Waals surface area contributed by atoms with Crippen LogP contribution in [0.1, 0.15) is 18.4 Å². The summed E-state index contributed by atoms with van der Waals surface area (Å²) in [7, 11) is 0. The third-order valence-electron chi connectivity index (χ3n) is 2.78. The van der Waals surface area contributed by atoms with Gasteiger partial charge < -0.3 is 9.84 Å². The molecule has 4 heteroatoms. The van der Waals surface area contributed by atoms with Gasteiger partial charge in [0.05, 0.1) is 6.61 Å². The predicted octanol–water partition coefficient (Wildman–Crippen LogP) is 2.76. The molecular weight excluding hydrogens is 228 g/mol. The summed E-state index contributed by atoms with van der Waals surface area (Å²) < 4.78 is 5.56. The summed E-state index contributed by atoms with van der Waals surface area (Å²) in [6.07, 6.45) is 1.69. The summed E-state index contributed by atoms with van der Waals surface area (Å²) in [5.41, 5.74) is 1.01. The quantitative estimate of drug-likeness (QED) is 0.865. The lowest BCUT2D eigenvalue weighted by atomic mass is 9.94. The normalized spacial score (nSPS) is 19.4. The largest absolute Gasteiger partial charge is 0.493 e. The minimum Gasteiger partial charge on any atom is -0.493 e. The molecule has 0 aliphatic carbocycles. The van der Waals surface area contributed by atoms with Gasteiger partial charge in [0.15, 0.2) is 0 Å². The maximum Gasteiger partial charge on any atom is 0.303 e. The van der Waals surface area contributed by atoms with E-state index in [0.29, 0.717) is 11.6 Å². The topological polar surface area (TPSA) is 46.5 Å². The Balaban J connectivity index is 2.19. The summed E-state index contributed by atoms with van der Waals surface area (Å²) >= 11 is 5.91. The van der Waals surface area contributed by atoms with E-state index in [4.69, 9.17) is 21.4 Å². The van der Waals surface area contributed by atoms with Crippen LogP contribution in [0.15, 0.2) is 18.2 Å². The van der Waals surface area contributed by atoms with E-state index in [-0.39, 0.29) is 12.3 Å².